The van der Waals surface area contributed by atoms with E-state index in [1.54, 1.807) is 42.5 Å². The molecular weight excluding hydrogens is 449 g/mol. The molecule has 32 heavy (non-hydrogen) atoms. The Kier molecular flexibility index (Phi) is 4.89. The lowest BCUT2D eigenvalue weighted by Gasteiger charge is -2.33. The number of hydrogen-bond donors (Lipinski definition) is 2. The van der Waals surface area contributed by atoms with E-state index in [9.17, 15) is 18.0 Å². The standard InChI is InChI=1S/C21H16ClF3N4O3/c22-12-2-4-13(5-3-12)26-20(30)15-9-19-27-14(8-18(21(23,24)25)29(19)28-15)11-1-6-16-17(7-11)32-10-31-16/h1-7,9,14,18,27H,8,10H2,(H,26,30)/t14-,18+/m1/s1. The molecule has 2 N–H and O–H groups in total. The third kappa shape index (κ3) is 3.81. The van der Waals surface area contributed by atoms with Gasteiger partial charge in [-0.25, -0.2) is 4.68 Å². The summed E-state index contributed by atoms with van der Waals surface area (Å²) in [5, 5.41) is 10.1. The number of rotatable bonds is 3. The zero-order chi connectivity index (χ0) is 22.5. The Morgan fingerprint density at radius 3 is 2.62 bits per heavy atom. The van der Waals surface area contributed by atoms with Gasteiger partial charge in [-0.15, -0.1) is 0 Å². The Morgan fingerprint density at radius 2 is 1.88 bits per heavy atom. The van der Waals surface area contributed by atoms with E-state index in [-0.39, 0.29) is 24.7 Å². The lowest BCUT2D eigenvalue weighted by molar-refractivity contribution is -0.173. The van der Waals surface area contributed by atoms with Crippen LogP contribution in [0, 0.1) is 0 Å². The van der Waals surface area contributed by atoms with Gasteiger partial charge in [-0.2, -0.15) is 18.3 Å². The molecule has 0 aliphatic carbocycles. The molecule has 0 unspecified atom stereocenters. The summed E-state index contributed by atoms with van der Waals surface area (Å²) in [4.78, 5) is 12.6. The van der Waals surface area contributed by atoms with E-state index < -0.39 is 24.2 Å². The van der Waals surface area contributed by atoms with Gasteiger partial charge in [-0.1, -0.05) is 17.7 Å². The lowest BCUT2D eigenvalue weighted by atomic mass is 9.96. The fraction of sp³-hybridized carbons (Fsp3) is 0.238. The molecule has 0 radical (unpaired) electrons. The van der Waals surface area contributed by atoms with Gasteiger partial charge in [0.2, 0.25) is 6.79 Å². The first-order chi connectivity index (χ1) is 15.3. The van der Waals surface area contributed by atoms with Gasteiger partial charge in [-0.3, -0.25) is 4.79 Å². The molecule has 3 aromatic rings. The van der Waals surface area contributed by atoms with Crippen LogP contribution >= 0.6 is 11.6 Å². The number of aromatic nitrogens is 2. The quantitative estimate of drug-likeness (QED) is 0.558. The van der Waals surface area contributed by atoms with Crippen LogP contribution in [0.25, 0.3) is 0 Å². The number of amides is 1. The minimum Gasteiger partial charge on any atom is -0.454 e. The Balaban J connectivity index is 1.44. The number of halogens is 4. The summed E-state index contributed by atoms with van der Waals surface area (Å²) in [6.45, 7) is 0.0704. The van der Waals surface area contributed by atoms with Crippen molar-refractivity contribution in [1.82, 2.24) is 9.78 Å². The SMILES string of the molecule is O=C(Nc1ccc(Cl)cc1)c1cc2n(n1)[C@H](C(F)(F)F)C[C@H](c1ccc3c(c1)OCO3)N2. The molecule has 11 heteroatoms. The summed E-state index contributed by atoms with van der Waals surface area (Å²) < 4.78 is 53.1. The second-order valence-electron chi connectivity index (χ2n) is 7.42. The summed E-state index contributed by atoms with van der Waals surface area (Å²) in [6.07, 6.45) is -4.85. The minimum absolute atomic E-state index is 0.0704. The summed E-state index contributed by atoms with van der Waals surface area (Å²) >= 11 is 5.83. The van der Waals surface area contributed by atoms with Crippen LogP contribution in [0.4, 0.5) is 24.7 Å². The molecule has 0 fully saturated rings. The number of fused-ring (bicyclic) bond motifs is 2. The number of hydrogen-bond acceptors (Lipinski definition) is 5. The number of nitrogens with one attached hydrogen (secondary N) is 2. The van der Waals surface area contributed by atoms with Gasteiger partial charge in [-0.05, 0) is 42.0 Å². The predicted molar refractivity (Wildman–Crippen MR) is 110 cm³/mol. The smallest absolute Gasteiger partial charge is 0.410 e. The van der Waals surface area contributed by atoms with Crippen molar-refractivity contribution in [3.63, 3.8) is 0 Å². The van der Waals surface area contributed by atoms with Crippen LogP contribution in [-0.2, 0) is 0 Å². The van der Waals surface area contributed by atoms with Crippen molar-refractivity contribution in [3.8, 4) is 11.5 Å². The zero-order valence-electron chi connectivity index (χ0n) is 16.3. The van der Waals surface area contributed by atoms with Crippen molar-refractivity contribution in [2.45, 2.75) is 24.7 Å². The second kappa shape index (κ2) is 7.63. The number of benzene rings is 2. The maximum absolute atomic E-state index is 13.9. The van der Waals surface area contributed by atoms with Gasteiger partial charge in [0.15, 0.2) is 23.2 Å². The van der Waals surface area contributed by atoms with E-state index in [1.807, 2.05) is 0 Å². The number of ether oxygens (including phenoxy) is 2. The summed E-state index contributed by atoms with van der Waals surface area (Å²) in [5.41, 5.74) is 0.926. The van der Waals surface area contributed by atoms with E-state index in [4.69, 9.17) is 21.1 Å². The second-order valence-corrected chi connectivity index (χ2v) is 7.86. The molecule has 2 atom stereocenters. The van der Waals surface area contributed by atoms with Gasteiger partial charge in [0.1, 0.15) is 5.82 Å². The monoisotopic (exact) mass is 464 g/mol. The molecule has 7 nitrogen and oxygen atoms in total. The molecule has 1 amide bonds. The Bertz CT molecular complexity index is 1180. The average Bonchev–Trinajstić information content (AvgIpc) is 3.40. The van der Waals surface area contributed by atoms with Gasteiger partial charge >= 0.3 is 6.18 Å². The van der Waals surface area contributed by atoms with Crippen molar-refractivity contribution >= 4 is 29.0 Å². The number of anilines is 2. The van der Waals surface area contributed by atoms with Crippen molar-refractivity contribution in [2.75, 3.05) is 17.4 Å². The lowest BCUT2D eigenvalue weighted by Crippen LogP contribution is -2.35. The van der Waals surface area contributed by atoms with Crippen molar-refractivity contribution < 1.29 is 27.4 Å². The molecule has 2 aliphatic heterocycles. The Hall–Kier alpha value is -3.40. The molecule has 2 aromatic carbocycles. The number of carbonyl (C=O) groups excluding carboxylic acids is 1. The summed E-state index contributed by atoms with van der Waals surface area (Å²) in [6, 6.07) is 10.1. The molecule has 0 saturated carbocycles. The van der Waals surface area contributed by atoms with Crippen molar-refractivity contribution in [2.24, 2.45) is 0 Å². The normalized spacial score (nSPS) is 19.2. The van der Waals surface area contributed by atoms with Crippen LogP contribution in [-0.4, -0.2) is 28.7 Å². The predicted octanol–water partition coefficient (Wildman–Crippen LogP) is 5.18. The summed E-state index contributed by atoms with van der Waals surface area (Å²) in [5.74, 6) is 0.497. The van der Waals surface area contributed by atoms with Crippen LogP contribution in [0.3, 0.4) is 0 Å². The third-order valence-corrected chi connectivity index (χ3v) is 5.58. The van der Waals surface area contributed by atoms with Gasteiger partial charge in [0.05, 0.1) is 6.04 Å². The first-order valence-corrected chi connectivity index (χ1v) is 10.0. The first-order valence-electron chi connectivity index (χ1n) is 9.67. The van der Waals surface area contributed by atoms with Crippen LogP contribution < -0.4 is 20.1 Å². The Labute approximate surface area is 185 Å². The number of nitrogens with zero attached hydrogens (tertiary/aromatic N) is 2. The van der Waals surface area contributed by atoms with E-state index in [1.165, 1.54) is 6.07 Å². The highest BCUT2D eigenvalue weighted by atomic mass is 35.5. The highest BCUT2D eigenvalue weighted by molar-refractivity contribution is 6.30. The van der Waals surface area contributed by atoms with Crippen LogP contribution in [0.1, 0.15) is 34.6 Å². The van der Waals surface area contributed by atoms with Gasteiger partial charge < -0.3 is 20.1 Å². The average molecular weight is 465 g/mol. The van der Waals surface area contributed by atoms with Gasteiger partial charge in [0, 0.05) is 23.2 Å². The molecule has 166 valence electrons. The van der Waals surface area contributed by atoms with Crippen molar-refractivity contribution in [1.29, 1.82) is 0 Å². The molecule has 0 bridgehead atoms. The molecule has 3 heterocycles. The number of alkyl halides is 3. The van der Waals surface area contributed by atoms with E-state index in [0.29, 0.717) is 27.8 Å². The van der Waals surface area contributed by atoms with E-state index in [0.717, 1.165) is 4.68 Å². The fourth-order valence-corrected chi connectivity index (χ4v) is 3.89. The summed E-state index contributed by atoms with van der Waals surface area (Å²) in [7, 11) is 0. The molecule has 1 aromatic heterocycles. The maximum Gasteiger partial charge on any atom is 0.410 e. The molecule has 5 rings (SSSR count). The first kappa shape index (κ1) is 20.5. The highest BCUT2D eigenvalue weighted by Crippen LogP contribution is 2.45. The Morgan fingerprint density at radius 1 is 1.12 bits per heavy atom. The third-order valence-electron chi connectivity index (χ3n) is 5.32. The van der Waals surface area contributed by atoms with Crippen LogP contribution in [0.15, 0.2) is 48.5 Å². The molecule has 0 saturated heterocycles. The fourth-order valence-electron chi connectivity index (χ4n) is 3.76. The molecule has 2 aliphatic rings. The largest absolute Gasteiger partial charge is 0.454 e. The topological polar surface area (TPSA) is 77.4 Å². The van der Waals surface area contributed by atoms with Crippen molar-refractivity contribution in [3.05, 3.63) is 64.8 Å². The zero-order valence-corrected chi connectivity index (χ0v) is 17.1. The number of carbonyl (C=O) groups is 1. The maximum atomic E-state index is 13.9. The van der Waals surface area contributed by atoms with E-state index in [2.05, 4.69) is 15.7 Å². The molecule has 0 spiro atoms. The van der Waals surface area contributed by atoms with Crippen LogP contribution in [0.5, 0.6) is 11.5 Å². The minimum atomic E-state index is -4.55. The van der Waals surface area contributed by atoms with Crippen LogP contribution in [0.2, 0.25) is 5.02 Å². The molecular formula is C21H16ClF3N4O3. The van der Waals surface area contributed by atoms with Gasteiger partial charge in [0.25, 0.3) is 5.91 Å². The van der Waals surface area contributed by atoms with E-state index >= 15 is 0 Å². The highest BCUT2D eigenvalue weighted by Gasteiger charge is 2.47.